The zero-order valence-electron chi connectivity index (χ0n) is 14.1. The van der Waals surface area contributed by atoms with Gasteiger partial charge >= 0.3 is 0 Å². The predicted molar refractivity (Wildman–Crippen MR) is 85.9 cm³/mol. The standard InChI is InChI=1S/C16H32N4/c1-7-16(8-2,20(10-4)11-5)15(17-9-3)14-12-13-19(6)18-14/h12-13,15,17H,7-11H2,1-6H3. The summed E-state index contributed by atoms with van der Waals surface area (Å²) in [4.78, 5) is 2.59. The molecule has 4 heteroatoms. The summed E-state index contributed by atoms with van der Waals surface area (Å²) in [6.07, 6.45) is 4.29. The van der Waals surface area contributed by atoms with Crippen LogP contribution >= 0.6 is 0 Å². The summed E-state index contributed by atoms with van der Waals surface area (Å²) in [6.45, 7) is 14.4. The lowest BCUT2D eigenvalue weighted by Crippen LogP contribution is -2.56. The molecule has 0 amide bonds. The van der Waals surface area contributed by atoms with Crippen LogP contribution in [0.5, 0.6) is 0 Å². The maximum Gasteiger partial charge on any atom is 0.0812 e. The van der Waals surface area contributed by atoms with Crippen LogP contribution in [0.25, 0.3) is 0 Å². The smallest absolute Gasteiger partial charge is 0.0812 e. The lowest BCUT2D eigenvalue weighted by molar-refractivity contribution is 0.0476. The quantitative estimate of drug-likeness (QED) is 0.755. The van der Waals surface area contributed by atoms with Gasteiger partial charge in [-0.2, -0.15) is 5.10 Å². The van der Waals surface area contributed by atoms with Crippen LogP contribution in [0.2, 0.25) is 0 Å². The molecule has 1 atom stereocenters. The van der Waals surface area contributed by atoms with Crippen molar-refractivity contribution in [2.45, 2.75) is 59.0 Å². The van der Waals surface area contributed by atoms with Crippen molar-refractivity contribution >= 4 is 0 Å². The van der Waals surface area contributed by atoms with Gasteiger partial charge in [0.05, 0.1) is 11.7 Å². The van der Waals surface area contributed by atoms with Gasteiger partial charge in [-0.15, -0.1) is 0 Å². The molecule has 0 saturated carbocycles. The van der Waals surface area contributed by atoms with Gasteiger partial charge in [0.25, 0.3) is 0 Å². The third kappa shape index (κ3) is 3.23. The third-order valence-electron chi connectivity index (χ3n) is 4.59. The van der Waals surface area contributed by atoms with E-state index in [4.69, 9.17) is 0 Å². The first-order valence-corrected chi connectivity index (χ1v) is 8.07. The van der Waals surface area contributed by atoms with Crippen molar-refractivity contribution in [3.05, 3.63) is 18.0 Å². The van der Waals surface area contributed by atoms with Gasteiger partial charge in [-0.3, -0.25) is 9.58 Å². The van der Waals surface area contributed by atoms with Crippen LogP contribution in [0.15, 0.2) is 12.3 Å². The highest BCUT2D eigenvalue weighted by molar-refractivity contribution is 5.14. The topological polar surface area (TPSA) is 33.1 Å². The fourth-order valence-electron chi connectivity index (χ4n) is 3.50. The Morgan fingerprint density at radius 3 is 2.15 bits per heavy atom. The minimum Gasteiger partial charge on any atom is -0.307 e. The second-order valence-corrected chi connectivity index (χ2v) is 5.39. The van der Waals surface area contributed by atoms with Gasteiger partial charge in [-0.05, 0) is 38.5 Å². The largest absolute Gasteiger partial charge is 0.307 e. The highest BCUT2D eigenvalue weighted by Gasteiger charge is 2.41. The molecule has 1 aromatic heterocycles. The van der Waals surface area contributed by atoms with Gasteiger partial charge in [0, 0.05) is 18.8 Å². The lowest BCUT2D eigenvalue weighted by atomic mass is 9.80. The molecule has 1 rings (SSSR count). The molecule has 0 aliphatic heterocycles. The molecule has 0 radical (unpaired) electrons. The summed E-state index contributed by atoms with van der Waals surface area (Å²) >= 11 is 0. The van der Waals surface area contributed by atoms with Crippen LogP contribution < -0.4 is 5.32 Å². The number of hydrogen-bond donors (Lipinski definition) is 1. The van der Waals surface area contributed by atoms with E-state index in [-0.39, 0.29) is 11.6 Å². The van der Waals surface area contributed by atoms with E-state index < -0.39 is 0 Å². The second-order valence-electron chi connectivity index (χ2n) is 5.39. The summed E-state index contributed by atoms with van der Waals surface area (Å²) < 4.78 is 1.90. The molecule has 0 saturated heterocycles. The minimum atomic E-state index is 0.133. The van der Waals surface area contributed by atoms with E-state index in [9.17, 15) is 0 Å². The number of aryl methyl sites for hydroxylation is 1. The summed E-state index contributed by atoms with van der Waals surface area (Å²) in [5.74, 6) is 0. The Hall–Kier alpha value is -0.870. The Morgan fingerprint density at radius 1 is 1.20 bits per heavy atom. The lowest BCUT2D eigenvalue weighted by Gasteiger charge is -2.47. The minimum absolute atomic E-state index is 0.133. The van der Waals surface area contributed by atoms with Gasteiger partial charge in [-0.1, -0.05) is 34.6 Å². The summed E-state index contributed by atoms with van der Waals surface area (Å²) in [7, 11) is 1.99. The molecular formula is C16H32N4. The van der Waals surface area contributed by atoms with Crippen molar-refractivity contribution in [2.24, 2.45) is 7.05 Å². The zero-order chi connectivity index (χ0) is 15.2. The van der Waals surface area contributed by atoms with E-state index in [2.05, 4.69) is 56.0 Å². The molecular weight excluding hydrogens is 248 g/mol. The average molecular weight is 280 g/mol. The Morgan fingerprint density at radius 2 is 1.80 bits per heavy atom. The van der Waals surface area contributed by atoms with Gasteiger partial charge in [-0.25, -0.2) is 0 Å². The molecule has 1 aromatic rings. The van der Waals surface area contributed by atoms with Gasteiger partial charge in [0.15, 0.2) is 0 Å². The Labute approximate surface area is 124 Å². The molecule has 1 unspecified atom stereocenters. The van der Waals surface area contributed by atoms with E-state index >= 15 is 0 Å². The third-order valence-corrected chi connectivity index (χ3v) is 4.59. The normalized spacial score (nSPS) is 13.9. The van der Waals surface area contributed by atoms with E-state index in [0.29, 0.717) is 0 Å². The Kier molecular flexibility index (Phi) is 6.69. The highest BCUT2D eigenvalue weighted by Crippen LogP contribution is 2.36. The van der Waals surface area contributed by atoms with Crippen LogP contribution in [0.1, 0.15) is 59.2 Å². The number of nitrogens with zero attached hydrogens (tertiary/aromatic N) is 3. The first-order valence-electron chi connectivity index (χ1n) is 8.07. The molecule has 0 aliphatic rings. The number of likely N-dealkylation sites (N-methyl/N-ethyl adjacent to an activating group) is 2. The maximum atomic E-state index is 4.67. The van der Waals surface area contributed by atoms with E-state index in [0.717, 1.165) is 38.2 Å². The van der Waals surface area contributed by atoms with Crippen molar-refractivity contribution in [1.29, 1.82) is 0 Å². The van der Waals surface area contributed by atoms with E-state index in [1.165, 1.54) is 0 Å². The van der Waals surface area contributed by atoms with Gasteiger partial charge in [0.1, 0.15) is 0 Å². The van der Waals surface area contributed by atoms with Crippen molar-refractivity contribution in [1.82, 2.24) is 20.0 Å². The molecule has 0 fully saturated rings. The number of rotatable bonds is 9. The monoisotopic (exact) mass is 280 g/mol. The van der Waals surface area contributed by atoms with Crippen LogP contribution in [0.4, 0.5) is 0 Å². The molecule has 1 heterocycles. The first kappa shape index (κ1) is 17.2. The number of nitrogens with one attached hydrogen (secondary N) is 1. The van der Waals surface area contributed by atoms with E-state index in [1.807, 2.05) is 17.9 Å². The number of aromatic nitrogens is 2. The van der Waals surface area contributed by atoms with E-state index in [1.54, 1.807) is 0 Å². The Balaban J connectivity index is 3.23. The molecule has 0 spiro atoms. The van der Waals surface area contributed by atoms with Crippen LogP contribution in [-0.4, -0.2) is 39.9 Å². The average Bonchev–Trinajstić information content (AvgIpc) is 2.89. The van der Waals surface area contributed by atoms with Crippen LogP contribution in [-0.2, 0) is 7.05 Å². The molecule has 20 heavy (non-hydrogen) atoms. The van der Waals surface area contributed by atoms with Crippen LogP contribution in [0.3, 0.4) is 0 Å². The Bertz CT molecular complexity index is 378. The predicted octanol–water partition coefficient (Wildman–Crippen LogP) is 2.97. The molecule has 0 aromatic carbocycles. The van der Waals surface area contributed by atoms with Crippen molar-refractivity contribution < 1.29 is 0 Å². The molecule has 1 N–H and O–H groups in total. The number of hydrogen-bond acceptors (Lipinski definition) is 3. The second kappa shape index (κ2) is 7.79. The fourth-order valence-corrected chi connectivity index (χ4v) is 3.50. The van der Waals surface area contributed by atoms with Crippen molar-refractivity contribution in [3.8, 4) is 0 Å². The highest BCUT2D eigenvalue weighted by atomic mass is 15.3. The maximum absolute atomic E-state index is 4.67. The van der Waals surface area contributed by atoms with Crippen molar-refractivity contribution in [3.63, 3.8) is 0 Å². The molecule has 0 bridgehead atoms. The zero-order valence-corrected chi connectivity index (χ0v) is 14.1. The van der Waals surface area contributed by atoms with Crippen molar-refractivity contribution in [2.75, 3.05) is 19.6 Å². The fraction of sp³-hybridized carbons (Fsp3) is 0.812. The molecule has 0 aliphatic carbocycles. The van der Waals surface area contributed by atoms with Gasteiger partial charge in [0.2, 0.25) is 0 Å². The summed E-state index contributed by atoms with van der Waals surface area (Å²) in [5.41, 5.74) is 1.29. The summed E-state index contributed by atoms with van der Waals surface area (Å²) in [5, 5.41) is 8.36. The molecule has 116 valence electrons. The summed E-state index contributed by atoms with van der Waals surface area (Å²) in [6, 6.07) is 2.43. The van der Waals surface area contributed by atoms with Crippen LogP contribution in [0, 0.1) is 0 Å². The first-order chi connectivity index (χ1) is 9.59. The molecule has 4 nitrogen and oxygen atoms in total. The van der Waals surface area contributed by atoms with Gasteiger partial charge < -0.3 is 5.32 Å². The SMILES string of the molecule is CCNC(c1ccn(C)n1)C(CC)(CC)N(CC)CC.